The number of nitrogens with zero attached hydrogens (tertiary/aromatic N) is 5. The van der Waals surface area contributed by atoms with E-state index in [4.69, 9.17) is 19.9 Å². The number of pyridine rings is 1. The molecule has 11 rings (SSSR count). The van der Waals surface area contributed by atoms with Gasteiger partial charge in [0.2, 0.25) is 0 Å². The molecule has 0 aliphatic carbocycles. The van der Waals surface area contributed by atoms with Crippen molar-refractivity contribution >= 4 is 0 Å². The molecule has 0 fully saturated rings. The molecule has 0 bridgehead atoms. The fourth-order valence-electron chi connectivity index (χ4n) is 8.43. The lowest BCUT2D eigenvalue weighted by molar-refractivity contribution is 1.18. The van der Waals surface area contributed by atoms with E-state index in [9.17, 15) is 0 Å². The first-order valence-electron chi connectivity index (χ1n) is 22.0. The zero-order valence-electron chi connectivity index (χ0n) is 35.9. The van der Waals surface area contributed by atoms with Crippen LogP contribution in [0.3, 0.4) is 0 Å². The first-order chi connectivity index (χ1) is 32.7. The molecule has 0 aliphatic heterocycles. The molecule has 0 aliphatic rings. The highest BCUT2D eigenvalue weighted by Gasteiger charge is 2.16. The lowest BCUT2D eigenvalue weighted by atomic mass is 9.90. The monoisotopic (exact) mass is 843 g/mol. The minimum Gasteiger partial charge on any atom is -0.264 e. The molecule has 8 aromatic carbocycles. The average molecular weight is 844 g/mol. The van der Waals surface area contributed by atoms with Gasteiger partial charge in [-0.1, -0.05) is 200 Å². The van der Waals surface area contributed by atoms with E-state index in [-0.39, 0.29) is 0 Å². The molecule has 3 aromatic heterocycles. The number of hydrogen-bond acceptors (Lipinski definition) is 5. The van der Waals surface area contributed by atoms with Crippen molar-refractivity contribution in [2.45, 2.75) is 0 Å². The van der Waals surface area contributed by atoms with Crippen LogP contribution in [0.4, 0.5) is 0 Å². The van der Waals surface area contributed by atoms with Crippen LogP contribution < -0.4 is 0 Å². The van der Waals surface area contributed by atoms with E-state index < -0.39 is 0 Å². The topological polar surface area (TPSA) is 64.5 Å². The molecule has 5 nitrogen and oxygen atoms in total. The minimum absolute atomic E-state index is 0.673. The number of rotatable bonds is 10. The molecular formula is C61H41N5. The van der Waals surface area contributed by atoms with Crippen LogP contribution in [-0.4, -0.2) is 24.9 Å². The Kier molecular flexibility index (Phi) is 10.9. The van der Waals surface area contributed by atoms with Crippen molar-refractivity contribution in [1.82, 2.24) is 24.9 Å². The Hall–Kier alpha value is -8.93. The maximum atomic E-state index is 5.20. The van der Waals surface area contributed by atoms with Crippen LogP contribution in [0.2, 0.25) is 0 Å². The van der Waals surface area contributed by atoms with Gasteiger partial charge in [0.1, 0.15) is 0 Å². The zero-order valence-corrected chi connectivity index (χ0v) is 35.9. The first kappa shape index (κ1) is 39.9. The van der Waals surface area contributed by atoms with Crippen LogP contribution in [-0.2, 0) is 0 Å². The van der Waals surface area contributed by atoms with Gasteiger partial charge in [-0.05, 0) is 75.3 Å². The third kappa shape index (κ3) is 8.45. The van der Waals surface area contributed by atoms with Crippen molar-refractivity contribution in [3.63, 3.8) is 0 Å². The second-order valence-electron chi connectivity index (χ2n) is 16.1. The van der Waals surface area contributed by atoms with E-state index in [1.54, 1.807) is 0 Å². The molecule has 3 heterocycles. The minimum atomic E-state index is 0.673. The van der Waals surface area contributed by atoms with Gasteiger partial charge in [-0.2, -0.15) is 0 Å². The van der Waals surface area contributed by atoms with E-state index >= 15 is 0 Å². The standard InChI is InChI=1S/C61H41N5/c1-5-16-42(17-6-1)48-24-13-26-51(36-48)60-65-58(46-22-11-4-12-23-46)40-59(66-60)47-31-29-43(30-32-47)55-38-50(33-34-54(55)53-28-15-35-62-41-53)49-25-14-27-52(37-49)61-63-56(44-18-7-2-8-19-44)39-57(64-61)45-20-9-3-10-21-45/h1-41H. The van der Waals surface area contributed by atoms with Crippen LogP contribution in [0, 0.1) is 0 Å². The molecule has 0 saturated heterocycles. The molecule has 5 heteroatoms. The Morgan fingerprint density at radius 1 is 0.212 bits per heavy atom. The quantitative estimate of drug-likeness (QED) is 0.137. The van der Waals surface area contributed by atoms with Crippen LogP contribution >= 0.6 is 0 Å². The van der Waals surface area contributed by atoms with Crippen molar-refractivity contribution in [3.8, 4) is 112 Å². The highest BCUT2D eigenvalue weighted by molar-refractivity contribution is 5.88. The highest BCUT2D eigenvalue weighted by atomic mass is 14.9. The van der Waals surface area contributed by atoms with E-state index in [2.05, 4.69) is 175 Å². The zero-order chi connectivity index (χ0) is 44.1. The van der Waals surface area contributed by atoms with Gasteiger partial charge in [0.25, 0.3) is 0 Å². The normalized spacial score (nSPS) is 11.0. The van der Waals surface area contributed by atoms with Gasteiger partial charge in [0.05, 0.1) is 22.8 Å². The largest absolute Gasteiger partial charge is 0.264 e. The predicted octanol–water partition coefficient (Wildman–Crippen LogP) is 15.3. The summed E-state index contributed by atoms with van der Waals surface area (Å²) in [6, 6.07) is 82.0. The molecule has 0 radical (unpaired) electrons. The first-order valence-corrected chi connectivity index (χ1v) is 22.0. The summed E-state index contributed by atoms with van der Waals surface area (Å²) in [5, 5.41) is 0. The third-order valence-electron chi connectivity index (χ3n) is 11.8. The summed E-state index contributed by atoms with van der Waals surface area (Å²) >= 11 is 0. The summed E-state index contributed by atoms with van der Waals surface area (Å²) in [5.41, 5.74) is 18.2. The SMILES string of the molecule is c1ccc(-c2cccc(-c3nc(-c4ccccc4)cc(-c4ccc(-c5cc(-c6cccc(-c7nc(-c8ccccc8)cc(-c8ccccc8)n7)c6)ccc5-c5cccnc5)cc4)n3)c2)cc1. The predicted molar refractivity (Wildman–Crippen MR) is 270 cm³/mol. The molecule has 11 aromatic rings. The summed E-state index contributed by atoms with van der Waals surface area (Å²) < 4.78 is 0. The summed E-state index contributed by atoms with van der Waals surface area (Å²) in [4.78, 5) is 25.1. The third-order valence-corrected chi connectivity index (χ3v) is 11.8. The number of benzene rings is 8. The van der Waals surface area contributed by atoms with Crippen LogP contribution in [0.5, 0.6) is 0 Å². The second-order valence-corrected chi connectivity index (χ2v) is 16.1. The van der Waals surface area contributed by atoms with Crippen molar-refractivity contribution in [2.75, 3.05) is 0 Å². The summed E-state index contributed by atoms with van der Waals surface area (Å²) in [7, 11) is 0. The molecule has 66 heavy (non-hydrogen) atoms. The van der Waals surface area contributed by atoms with E-state index in [1.807, 2.05) is 79.1 Å². The molecule has 0 N–H and O–H groups in total. The summed E-state index contributed by atoms with van der Waals surface area (Å²) in [5.74, 6) is 1.35. The van der Waals surface area contributed by atoms with E-state index in [1.165, 1.54) is 0 Å². The Labute approximate surface area is 384 Å². The van der Waals surface area contributed by atoms with Gasteiger partial charge in [-0.3, -0.25) is 4.98 Å². The molecule has 0 unspecified atom stereocenters. The fourth-order valence-corrected chi connectivity index (χ4v) is 8.43. The van der Waals surface area contributed by atoms with Gasteiger partial charge < -0.3 is 0 Å². The Balaban J connectivity index is 0.982. The average Bonchev–Trinajstić information content (AvgIpc) is 3.42. The van der Waals surface area contributed by atoms with E-state index in [0.717, 1.165) is 101 Å². The maximum Gasteiger partial charge on any atom is 0.160 e. The fraction of sp³-hybridized carbons (Fsp3) is 0. The van der Waals surface area contributed by atoms with Crippen LogP contribution in [0.1, 0.15) is 0 Å². The molecule has 310 valence electrons. The van der Waals surface area contributed by atoms with Gasteiger partial charge in [0.15, 0.2) is 11.6 Å². The highest BCUT2D eigenvalue weighted by Crippen LogP contribution is 2.38. The molecule has 0 atom stereocenters. The number of hydrogen-bond donors (Lipinski definition) is 0. The Bertz CT molecular complexity index is 3370. The maximum absolute atomic E-state index is 5.20. The molecule has 0 amide bonds. The lowest BCUT2D eigenvalue weighted by Crippen LogP contribution is -1.96. The van der Waals surface area contributed by atoms with Crippen LogP contribution in [0.25, 0.3) is 112 Å². The van der Waals surface area contributed by atoms with Crippen molar-refractivity contribution in [1.29, 1.82) is 0 Å². The summed E-state index contributed by atoms with van der Waals surface area (Å²) in [6.45, 7) is 0. The Morgan fingerprint density at radius 3 is 1.05 bits per heavy atom. The number of aromatic nitrogens is 5. The van der Waals surface area contributed by atoms with Crippen LogP contribution in [0.15, 0.2) is 249 Å². The van der Waals surface area contributed by atoms with Gasteiger partial charge in [-0.15, -0.1) is 0 Å². The molecule has 0 spiro atoms. The molecule has 0 saturated carbocycles. The molecular weight excluding hydrogens is 803 g/mol. The van der Waals surface area contributed by atoms with Gasteiger partial charge in [-0.25, -0.2) is 19.9 Å². The van der Waals surface area contributed by atoms with Gasteiger partial charge >= 0.3 is 0 Å². The second kappa shape index (κ2) is 18.0. The Morgan fingerprint density at radius 2 is 0.576 bits per heavy atom. The lowest BCUT2D eigenvalue weighted by Gasteiger charge is -2.15. The van der Waals surface area contributed by atoms with Crippen molar-refractivity contribution in [2.24, 2.45) is 0 Å². The summed E-state index contributed by atoms with van der Waals surface area (Å²) in [6.07, 6.45) is 3.74. The van der Waals surface area contributed by atoms with Crippen molar-refractivity contribution < 1.29 is 0 Å². The van der Waals surface area contributed by atoms with Crippen molar-refractivity contribution in [3.05, 3.63) is 249 Å². The smallest absolute Gasteiger partial charge is 0.160 e. The van der Waals surface area contributed by atoms with E-state index in [0.29, 0.717) is 11.6 Å². The van der Waals surface area contributed by atoms with Gasteiger partial charge in [0, 0.05) is 51.3 Å².